The van der Waals surface area contributed by atoms with Gasteiger partial charge in [0, 0.05) is 50.1 Å². The average Bonchev–Trinajstić information content (AvgIpc) is 3.18. The maximum Gasteiger partial charge on any atom is 0.224 e. The SMILES string of the molecule is CN=C(NCCC(=O)N1CCc2sccc2C1)NCc1ccccc1OC(C)(C)C.I. The molecule has 0 aliphatic carbocycles. The van der Waals surface area contributed by atoms with Crippen LogP contribution >= 0.6 is 35.3 Å². The molecule has 6 nitrogen and oxygen atoms in total. The third-order valence-corrected chi connectivity index (χ3v) is 5.87. The first-order chi connectivity index (χ1) is 14.4. The van der Waals surface area contributed by atoms with E-state index in [1.165, 1.54) is 10.4 Å². The summed E-state index contributed by atoms with van der Waals surface area (Å²) in [5.41, 5.74) is 2.10. The second-order valence-corrected chi connectivity index (χ2v) is 9.36. The summed E-state index contributed by atoms with van der Waals surface area (Å²) in [5.74, 6) is 1.71. The number of ether oxygens (including phenoxy) is 1. The Hall–Kier alpha value is -1.81. The van der Waals surface area contributed by atoms with E-state index in [4.69, 9.17) is 4.74 Å². The van der Waals surface area contributed by atoms with Gasteiger partial charge < -0.3 is 20.3 Å². The number of guanidine groups is 1. The third kappa shape index (κ3) is 7.68. The fourth-order valence-electron chi connectivity index (χ4n) is 3.39. The number of carbonyl (C=O) groups is 1. The number of carbonyl (C=O) groups excluding carboxylic acids is 1. The minimum absolute atomic E-state index is 0. The minimum Gasteiger partial charge on any atom is -0.488 e. The van der Waals surface area contributed by atoms with Crippen LogP contribution in [0.5, 0.6) is 5.75 Å². The molecule has 2 heterocycles. The Morgan fingerprint density at radius 2 is 2.00 bits per heavy atom. The number of aliphatic imine (C=N–C) groups is 1. The van der Waals surface area contributed by atoms with Gasteiger partial charge in [-0.1, -0.05) is 18.2 Å². The molecule has 0 atom stereocenters. The molecule has 0 spiro atoms. The van der Waals surface area contributed by atoms with Crippen LogP contribution in [0.2, 0.25) is 0 Å². The predicted molar refractivity (Wildman–Crippen MR) is 138 cm³/mol. The summed E-state index contributed by atoms with van der Waals surface area (Å²) >= 11 is 1.79. The van der Waals surface area contributed by atoms with E-state index in [1.807, 2.05) is 49.9 Å². The Morgan fingerprint density at radius 3 is 2.74 bits per heavy atom. The Bertz CT molecular complexity index is 892. The fraction of sp³-hybridized carbons (Fsp3) is 0.478. The van der Waals surface area contributed by atoms with Crippen molar-refractivity contribution in [1.82, 2.24) is 15.5 Å². The van der Waals surface area contributed by atoms with Crippen LogP contribution in [0.1, 0.15) is 43.2 Å². The molecule has 0 fully saturated rings. The molecular weight excluding hydrogens is 523 g/mol. The number of nitrogens with zero attached hydrogens (tertiary/aromatic N) is 2. The number of nitrogens with one attached hydrogen (secondary N) is 2. The van der Waals surface area contributed by atoms with Gasteiger partial charge in [-0.2, -0.15) is 0 Å². The van der Waals surface area contributed by atoms with Crippen LogP contribution in [-0.2, 0) is 24.3 Å². The van der Waals surface area contributed by atoms with Crippen molar-refractivity contribution < 1.29 is 9.53 Å². The first-order valence-corrected chi connectivity index (χ1v) is 11.3. The molecule has 170 valence electrons. The minimum atomic E-state index is -0.255. The summed E-state index contributed by atoms with van der Waals surface area (Å²) < 4.78 is 6.05. The first kappa shape index (κ1) is 25.5. The summed E-state index contributed by atoms with van der Waals surface area (Å²) in [7, 11) is 1.73. The second kappa shape index (κ2) is 11.7. The van der Waals surface area contributed by atoms with Crippen molar-refractivity contribution in [2.45, 2.75) is 52.3 Å². The fourth-order valence-corrected chi connectivity index (χ4v) is 4.28. The van der Waals surface area contributed by atoms with E-state index in [2.05, 4.69) is 27.1 Å². The maximum atomic E-state index is 12.6. The van der Waals surface area contributed by atoms with Crippen LogP contribution in [0.15, 0.2) is 40.7 Å². The lowest BCUT2D eigenvalue weighted by atomic mass is 10.1. The van der Waals surface area contributed by atoms with Gasteiger partial charge in [0.25, 0.3) is 0 Å². The molecule has 31 heavy (non-hydrogen) atoms. The molecule has 1 amide bonds. The Balaban J connectivity index is 0.00000341. The normalized spacial score (nSPS) is 13.8. The molecule has 1 aliphatic rings. The van der Waals surface area contributed by atoms with E-state index in [1.54, 1.807) is 18.4 Å². The summed E-state index contributed by atoms with van der Waals surface area (Å²) in [6, 6.07) is 10.1. The van der Waals surface area contributed by atoms with Gasteiger partial charge >= 0.3 is 0 Å². The first-order valence-electron chi connectivity index (χ1n) is 10.4. The number of para-hydroxylation sites is 1. The topological polar surface area (TPSA) is 66.0 Å². The van der Waals surface area contributed by atoms with Gasteiger partial charge in [0.15, 0.2) is 5.96 Å². The number of halogens is 1. The lowest BCUT2D eigenvalue weighted by Crippen LogP contribution is -2.40. The molecule has 2 N–H and O–H groups in total. The van der Waals surface area contributed by atoms with Crippen molar-refractivity contribution in [1.29, 1.82) is 0 Å². The Kier molecular flexibility index (Phi) is 9.61. The molecule has 1 aromatic carbocycles. The molecule has 8 heteroatoms. The number of thiophene rings is 1. The molecule has 1 aliphatic heterocycles. The van der Waals surface area contributed by atoms with E-state index in [9.17, 15) is 4.79 Å². The van der Waals surface area contributed by atoms with Crippen molar-refractivity contribution in [3.05, 3.63) is 51.7 Å². The van der Waals surface area contributed by atoms with Gasteiger partial charge in [-0.3, -0.25) is 9.79 Å². The van der Waals surface area contributed by atoms with E-state index in [-0.39, 0.29) is 35.5 Å². The molecule has 2 aromatic rings. The van der Waals surface area contributed by atoms with Crippen molar-refractivity contribution in [2.24, 2.45) is 4.99 Å². The van der Waals surface area contributed by atoms with Crippen LogP contribution in [0.4, 0.5) is 0 Å². The monoisotopic (exact) mass is 556 g/mol. The highest BCUT2D eigenvalue weighted by Crippen LogP contribution is 2.24. The van der Waals surface area contributed by atoms with Crippen molar-refractivity contribution >= 4 is 47.2 Å². The third-order valence-electron chi connectivity index (χ3n) is 4.85. The maximum absolute atomic E-state index is 12.6. The highest BCUT2D eigenvalue weighted by molar-refractivity contribution is 14.0. The smallest absolute Gasteiger partial charge is 0.224 e. The van der Waals surface area contributed by atoms with Crippen molar-refractivity contribution in [2.75, 3.05) is 20.1 Å². The highest BCUT2D eigenvalue weighted by Gasteiger charge is 2.21. The second-order valence-electron chi connectivity index (χ2n) is 8.36. The quantitative estimate of drug-likeness (QED) is 0.319. The molecule has 0 bridgehead atoms. The van der Waals surface area contributed by atoms with Gasteiger partial charge in [0.05, 0.1) is 0 Å². The predicted octanol–water partition coefficient (Wildman–Crippen LogP) is 4.18. The number of hydrogen-bond donors (Lipinski definition) is 2. The van der Waals surface area contributed by atoms with Crippen LogP contribution in [0.3, 0.4) is 0 Å². The zero-order valence-corrected chi connectivity index (χ0v) is 21.9. The van der Waals surface area contributed by atoms with Gasteiger partial charge in [0.1, 0.15) is 11.4 Å². The average molecular weight is 557 g/mol. The lowest BCUT2D eigenvalue weighted by Gasteiger charge is -2.27. The number of rotatable bonds is 6. The highest BCUT2D eigenvalue weighted by atomic mass is 127. The Morgan fingerprint density at radius 1 is 1.23 bits per heavy atom. The number of amides is 1. The zero-order chi connectivity index (χ0) is 21.6. The number of hydrogen-bond acceptors (Lipinski definition) is 4. The van der Waals surface area contributed by atoms with Crippen LogP contribution in [-0.4, -0.2) is 42.5 Å². The Labute approximate surface area is 206 Å². The van der Waals surface area contributed by atoms with Gasteiger partial charge in [-0.15, -0.1) is 35.3 Å². The molecular formula is C23H33IN4O2S. The van der Waals surface area contributed by atoms with Gasteiger partial charge in [0.2, 0.25) is 5.91 Å². The van der Waals surface area contributed by atoms with E-state index < -0.39 is 0 Å². The summed E-state index contributed by atoms with van der Waals surface area (Å²) in [6.07, 6.45) is 1.41. The van der Waals surface area contributed by atoms with Crippen molar-refractivity contribution in [3.63, 3.8) is 0 Å². The van der Waals surface area contributed by atoms with E-state index in [0.717, 1.165) is 30.8 Å². The summed E-state index contributed by atoms with van der Waals surface area (Å²) in [4.78, 5) is 20.2. The van der Waals surface area contributed by atoms with Gasteiger partial charge in [-0.05, 0) is 50.3 Å². The largest absolute Gasteiger partial charge is 0.488 e. The standard InChI is InChI=1S/C23H32N4O2S.HI/c1-23(2,3)29-19-8-6-5-7-17(19)15-26-22(24-4)25-12-9-21(28)27-13-10-20-18(16-27)11-14-30-20;/h5-8,11,14H,9-10,12-13,15-16H2,1-4H3,(H2,24,25,26);1H. The molecule has 0 saturated carbocycles. The molecule has 0 radical (unpaired) electrons. The number of benzene rings is 1. The van der Waals surface area contributed by atoms with Crippen molar-refractivity contribution in [3.8, 4) is 5.75 Å². The lowest BCUT2D eigenvalue weighted by molar-refractivity contribution is -0.131. The van der Waals surface area contributed by atoms with E-state index in [0.29, 0.717) is 25.5 Å². The van der Waals surface area contributed by atoms with Crippen LogP contribution < -0.4 is 15.4 Å². The van der Waals surface area contributed by atoms with Crippen LogP contribution in [0, 0.1) is 0 Å². The zero-order valence-electron chi connectivity index (χ0n) is 18.7. The molecule has 1 aromatic heterocycles. The molecule has 0 saturated heterocycles. The van der Waals surface area contributed by atoms with E-state index >= 15 is 0 Å². The summed E-state index contributed by atoms with van der Waals surface area (Å²) in [5, 5.41) is 8.67. The van der Waals surface area contributed by atoms with Crippen LogP contribution in [0.25, 0.3) is 0 Å². The van der Waals surface area contributed by atoms with Gasteiger partial charge in [-0.25, -0.2) is 0 Å². The summed E-state index contributed by atoms with van der Waals surface area (Å²) in [6.45, 7) is 8.79. The molecule has 0 unspecified atom stereocenters. The number of fused-ring (bicyclic) bond motifs is 1. The molecule has 3 rings (SSSR count).